The maximum Gasteiger partial charge on any atom is 0.326 e. The van der Waals surface area contributed by atoms with Crippen molar-refractivity contribution < 1.29 is 32.7 Å². The molecule has 1 aliphatic heterocycles. The molecule has 0 amide bonds. The number of hydrogen-bond acceptors (Lipinski definition) is 8. The molecule has 11 heteroatoms. The minimum absolute atomic E-state index is 0.00947. The van der Waals surface area contributed by atoms with Crippen LogP contribution in [-0.2, 0) is 24.3 Å². The number of nitrogens with one attached hydrogen (secondary N) is 1. The Kier molecular flexibility index (Phi) is 5.72. The third kappa shape index (κ3) is 4.51. The Balaban J connectivity index is 2.11. The van der Waals surface area contributed by atoms with Gasteiger partial charge in [-0.05, 0) is 6.07 Å². The number of carbonyl (C=O) groups excluding carboxylic acids is 1. The number of para-hydroxylation sites is 1. The molecular weight excluding hydrogens is 356 g/mol. The van der Waals surface area contributed by atoms with Gasteiger partial charge < -0.3 is 14.6 Å². The number of aliphatic hydroxyl groups is 1. The molecule has 2 N–H and O–H groups in total. The van der Waals surface area contributed by atoms with Crippen molar-refractivity contribution in [2.45, 2.75) is 17.9 Å². The van der Waals surface area contributed by atoms with Crippen LogP contribution in [0.15, 0.2) is 29.2 Å². The predicted octanol–water partition coefficient (Wildman–Crippen LogP) is -0.186. The molecule has 1 saturated heterocycles. The number of hydrogen-bond donors (Lipinski definition) is 2. The highest BCUT2D eigenvalue weighted by atomic mass is 32.2. The highest BCUT2D eigenvalue weighted by Crippen LogP contribution is 2.27. The number of ether oxygens (including phenoxy) is 2. The van der Waals surface area contributed by atoms with Crippen molar-refractivity contribution in [3.63, 3.8) is 0 Å². The summed E-state index contributed by atoms with van der Waals surface area (Å²) in [5.41, 5.74) is -0.980. The maximum atomic E-state index is 12.3. The van der Waals surface area contributed by atoms with Gasteiger partial charge in [-0.1, -0.05) is 19.1 Å². The zero-order valence-corrected chi connectivity index (χ0v) is 14.2. The van der Waals surface area contributed by atoms with Crippen molar-refractivity contribution in [3.8, 4) is 0 Å². The molecule has 1 aromatic carbocycles. The molecule has 1 aromatic rings. The van der Waals surface area contributed by atoms with Crippen molar-refractivity contribution in [2.24, 2.45) is 5.41 Å². The minimum atomic E-state index is -4.41. The van der Waals surface area contributed by atoms with Crippen LogP contribution >= 0.6 is 0 Å². The number of carbonyl (C=O) groups is 1. The Morgan fingerprint density at radius 1 is 1.48 bits per heavy atom. The standard InChI is InChI=1S/C14H18N2O8S/c1-14(7-23-8-14)9-24-13(18)10(6-17)15-25(21,22)12-5-3-2-4-11(12)16(19)20/h2-5,10,15,17H,6-9H2,1H3/t10-/m0/s1. The molecule has 25 heavy (non-hydrogen) atoms. The van der Waals surface area contributed by atoms with Crippen molar-refractivity contribution in [3.05, 3.63) is 34.4 Å². The average Bonchev–Trinajstić information content (AvgIpc) is 2.55. The van der Waals surface area contributed by atoms with Crippen LogP contribution in [0.4, 0.5) is 5.69 Å². The molecular formula is C14H18N2O8S. The number of nitro groups is 1. The Labute approximate surface area is 143 Å². The zero-order chi connectivity index (χ0) is 18.7. The Hall–Kier alpha value is -2.08. The Morgan fingerprint density at radius 3 is 2.64 bits per heavy atom. The quantitative estimate of drug-likeness (QED) is 0.362. The van der Waals surface area contributed by atoms with E-state index in [1.807, 2.05) is 11.6 Å². The summed E-state index contributed by atoms with van der Waals surface area (Å²) in [6.07, 6.45) is 0. The first kappa shape index (κ1) is 19.2. The summed E-state index contributed by atoms with van der Waals surface area (Å²) in [4.78, 5) is 21.5. The van der Waals surface area contributed by atoms with E-state index in [1.165, 1.54) is 12.1 Å². The highest BCUT2D eigenvalue weighted by Gasteiger charge is 2.37. The van der Waals surface area contributed by atoms with E-state index in [4.69, 9.17) is 9.47 Å². The number of sulfonamides is 1. The summed E-state index contributed by atoms with van der Waals surface area (Å²) in [5.74, 6) is -0.974. The summed E-state index contributed by atoms with van der Waals surface area (Å²) < 4.78 is 36.7. The van der Waals surface area contributed by atoms with Gasteiger partial charge in [-0.15, -0.1) is 0 Å². The van der Waals surface area contributed by atoms with Crippen LogP contribution in [0.25, 0.3) is 0 Å². The van der Waals surface area contributed by atoms with E-state index >= 15 is 0 Å². The first-order valence-corrected chi connectivity index (χ1v) is 8.78. The lowest BCUT2D eigenvalue weighted by Crippen LogP contribution is -2.48. The summed E-state index contributed by atoms with van der Waals surface area (Å²) >= 11 is 0. The third-order valence-corrected chi connectivity index (χ3v) is 5.10. The van der Waals surface area contributed by atoms with Gasteiger partial charge in [0, 0.05) is 11.5 Å². The second-order valence-corrected chi connectivity index (χ2v) is 7.67. The lowest BCUT2D eigenvalue weighted by Gasteiger charge is -2.37. The Morgan fingerprint density at radius 2 is 2.12 bits per heavy atom. The molecule has 1 aliphatic rings. The lowest BCUT2D eigenvalue weighted by atomic mass is 9.90. The maximum absolute atomic E-state index is 12.3. The largest absolute Gasteiger partial charge is 0.464 e. The number of benzene rings is 1. The molecule has 138 valence electrons. The molecule has 1 fully saturated rings. The Bertz CT molecular complexity index is 760. The van der Waals surface area contributed by atoms with Crippen LogP contribution in [0.3, 0.4) is 0 Å². The molecule has 0 unspecified atom stereocenters. The van der Waals surface area contributed by atoms with Crippen LogP contribution in [0.2, 0.25) is 0 Å². The molecule has 0 radical (unpaired) electrons. The fourth-order valence-corrected chi connectivity index (χ4v) is 3.47. The smallest absolute Gasteiger partial charge is 0.326 e. The molecule has 10 nitrogen and oxygen atoms in total. The van der Waals surface area contributed by atoms with Gasteiger partial charge in [0.05, 0.1) is 24.7 Å². The van der Waals surface area contributed by atoms with Crippen LogP contribution in [0.1, 0.15) is 6.92 Å². The van der Waals surface area contributed by atoms with Crippen LogP contribution in [0, 0.1) is 15.5 Å². The fraction of sp³-hybridized carbons (Fsp3) is 0.500. The second kappa shape index (κ2) is 7.44. The number of nitro benzene ring substituents is 1. The number of rotatable bonds is 8. The van der Waals surface area contributed by atoms with Gasteiger partial charge in [-0.3, -0.25) is 14.9 Å². The summed E-state index contributed by atoms with van der Waals surface area (Å²) in [6, 6.07) is 3.11. The first-order chi connectivity index (χ1) is 11.7. The molecule has 1 atom stereocenters. The van der Waals surface area contributed by atoms with E-state index < -0.39 is 44.1 Å². The number of esters is 1. The van der Waals surface area contributed by atoms with Gasteiger partial charge >= 0.3 is 5.97 Å². The van der Waals surface area contributed by atoms with E-state index in [1.54, 1.807) is 0 Å². The summed E-state index contributed by atoms with van der Waals surface area (Å²) in [7, 11) is -4.41. The van der Waals surface area contributed by atoms with Crippen LogP contribution in [-0.4, -0.2) is 56.9 Å². The van der Waals surface area contributed by atoms with E-state index in [-0.39, 0.29) is 12.0 Å². The first-order valence-electron chi connectivity index (χ1n) is 7.29. The van der Waals surface area contributed by atoms with E-state index in [2.05, 4.69) is 0 Å². The van der Waals surface area contributed by atoms with E-state index in [9.17, 15) is 28.4 Å². The summed E-state index contributed by atoms with van der Waals surface area (Å²) in [6.45, 7) is 1.80. The number of aliphatic hydroxyl groups excluding tert-OH is 1. The van der Waals surface area contributed by atoms with Gasteiger partial charge in [0.25, 0.3) is 5.69 Å². The van der Waals surface area contributed by atoms with Crippen molar-refractivity contribution in [2.75, 3.05) is 26.4 Å². The molecule has 2 rings (SSSR count). The highest BCUT2D eigenvalue weighted by molar-refractivity contribution is 7.89. The SMILES string of the molecule is CC1(COC(=O)[C@H](CO)NS(=O)(=O)c2ccccc2[N+](=O)[O-])COC1. The van der Waals surface area contributed by atoms with E-state index in [0.717, 1.165) is 12.1 Å². The van der Waals surface area contributed by atoms with Crippen molar-refractivity contribution in [1.29, 1.82) is 0 Å². The topological polar surface area (TPSA) is 145 Å². The van der Waals surface area contributed by atoms with Gasteiger partial charge in [0.15, 0.2) is 4.90 Å². The molecule has 1 heterocycles. The molecule has 0 spiro atoms. The molecule has 0 aliphatic carbocycles. The third-order valence-electron chi connectivity index (χ3n) is 3.58. The summed E-state index contributed by atoms with van der Waals surface area (Å²) in [5, 5.41) is 20.3. The fourth-order valence-electron chi connectivity index (χ4n) is 2.13. The van der Waals surface area contributed by atoms with Crippen LogP contribution in [0.5, 0.6) is 0 Å². The van der Waals surface area contributed by atoms with Crippen molar-refractivity contribution >= 4 is 21.7 Å². The minimum Gasteiger partial charge on any atom is -0.464 e. The lowest BCUT2D eigenvalue weighted by molar-refractivity contribution is -0.387. The van der Waals surface area contributed by atoms with Gasteiger partial charge in [0.1, 0.15) is 12.6 Å². The van der Waals surface area contributed by atoms with Gasteiger partial charge in [-0.2, -0.15) is 4.72 Å². The number of nitrogens with zero attached hydrogens (tertiary/aromatic N) is 1. The second-order valence-electron chi connectivity index (χ2n) is 5.99. The molecule has 0 bridgehead atoms. The molecule has 0 saturated carbocycles. The monoisotopic (exact) mass is 374 g/mol. The van der Waals surface area contributed by atoms with Crippen molar-refractivity contribution in [1.82, 2.24) is 4.72 Å². The average molecular weight is 374 g/mol. The van der Waals surface area contributed by atoms with Gasteiger partial charge in [0.2, 0.25) is 10.0 Å². The van der Waals surface area contributed by atoms with E-state index in [0.29, 0.717) is 13.2 Å². The zero-order valence-electron chi connectivity index (χ0n) is 13.4. The molecule has 0 aromatic heterocycles. The van der Waals surface area contributed by atoms with Gasteiger partial charge in [-0.25, -0.2) is 8.42 Å². The van der Waals surface area contributed by atoms with Crippen LogP contribution < -0.4 is 4.72 Å². The normalized spacial score (nSPS) is 17.4. The predicted molar refractivity (Wildman–Crippen MR) is 84.2 cm³/mol.